The molecule has 13 rings (SSSR count). The van der Waals surface area contributed by atoms with Gasteiger partial charge in [0.15, 0.2) is 0 Å². The fraction of sp³-hybridized carbons (Fsp3) is 0.0182. The molecule has 61 heavy (non-hydrogen) atoms. The molecule has 4 aromatic heterocycles. The molecular formula is C55H35N3OS2. The number of methoxy groups -OCH3 is 1. The van der Waals surface area contributed by atoms with E-state index in [-0.39, 0.29) is 0 Å². The van der Waals surface area contributed by atoms with E-state index in [4.69, 9.17) is 4.74 Å². The molecule has 0 bridgehead atoms. The van der Waals surface area contributed by atoms with Gasteiger partial charge in [0.05, 0.1) is 40.6 Å². The van der Waals surface area contributed by atoms with Crippen molar-refractivity contribution in [2.24, 2.45) is 0 Å². The van der Waals surface area contributed by atoms with Crippen molar-refractivity contribution in [1.29, 1.82) is 0 Å². The molecule has 0 spiro atoms. The lowest BCUT2D eigenvalue weighted by atomic mass is 10.1. The van der Waals surface area contributed by atoms with Gasteiger partial charge in [-0.1, -0.05) is 84.9 Å². The van der Waals surface area contributed by atoms with Gasteiger partial charge in [0.1, 0.15) is 5.75 Å². The highest BCUT2D eigenvalue weighted by molar-refractivity contribution is 7.26. The number of para-hydroxylation sites is 2. The average molecular weight is 818 g/mol. The van der Waals surface area contributed by atoms with Crippen molar-refractivity contribution in [2.75, 3.05) is 12.0 Å². The first kappa shape index (κ1) is 34.5. The summed E-state index contributed by atoms with van der Waals surface area (Å²) >= 11 is 3.71. The lowest BCUT2D eigenvalue weighted by Gasteiger charge is -2.27. The van der Waals surface area contributed by atoms with Gasteiger partial charge < -0.3 is 18.8 Å². The number of anilines is 3. The maximum Gasteiger partial charge on any atom is 0.119 e. The Morgan fingerprint density at radius 1 is 0.377 bits per heavy atom. The fourth-order valence-corrected chi connectivity index (χ4v) is 11.9. The van der Waals surface area contributed by atoms with Crippen LogP contribution in [0.1, 0.15) is 0 Å². The minimum absolute atomic E-state index is 0.820. The summed E-state index contributed by atoms with van der Waals surface area (Å²) in [7, 11) is 1.73. The zero-order chi connectivity index (χ0) is 40.2. The van der Waals surface area contributed by atoms with Gasteiger partial charge in [0.25, 0.3) is 0 Å². The number of rotatable bonds is 6. The Balaban J connectivity index is 1.09. The second-order valence-electron chi connectivity index (χ2n) is 15.6. The number of aromatic nitrogens is 2. The van der Waals surface area contributed by atoms with Crippen LogP contribution in [0.4, 0.5) is 17.1 Å². The lowest BCUT2D eigenvalue weighted by Crippen LogP contribution is -2.11. The average Bonchev–Trinajstić information content (AvgIpc) is 4.07. The molecule has 0 unspecified atom stereocenters. The van der Waals surface area contributed by atoms with Crippen LogP contribution in [0.5, 0.6) is 5.75 Å². The Bertz CT molecular complexity index is 3650. The van der Waals surface area contributed by atoms with Crippen LogP contribution >= 0.6 is 22.7 Å². The van der Waals surface area contributed by atoms with Crippen molar-refractivity contribution in [3.63, 3.8) is 0 Å². The highest BCUT2D eigenvalue weighted by Crippen LogP contribution is 2.49. The molecule has 9 aromatic carbocycles. The van der Waals surface area contributed by atoms with E-state index in [1.807, 2.05) is 22.7 Å². The molecule has 4 nitrogen and oxygen atoms in total. The molecule has 0 saturated carbocycles. The Hall–Kier alpha value is -7.38. The molecule has 0 radical (unpaired) electrons. The third-order valence-electron chi connectivity index (χ3n) is 12.4. The summed E-state index contributed by atoms with van der Waals surface area (Å²) in [5, 5.41) is 9.96. The van der Waals surface area contributed by atoms with Crippen LogP contribution in [-0.4, -0.2) is 16.2 Å². The van der Waals surface area contributed by atoms with E-state index in [1.165, 1.54) is 72.9 Å². The van der Waals surface area contributed by atoms with Gasteiger partial charge in [-0.2, -0.15) is 0 Å². The smallest absolute Gasteiger partial charge is 0.119 e. The molecule has 288 valence electrons. The van der Waals surface area contributed by atoms with Gasteiger partial charge in [-0.15, -0.1) is 22.7 Å². The molecule has 4 heterocycles. The summed E-state index contributed by atoms with van der Waals surface area (Å²) < 4.78 is 15.8. The molecule has 0 amide bonds. The summed E-state index contributed by atoms with van der Waals surface area (Å²) in [5.74, 6) is 0.820. The van der Waals surface area contributed by atoms with Crippen molar-refractivity contribution >= 4 is 124 Å². The molecule has 0 aliphatic carbocycles. The van der Waals surface area contributed by atoms with Crippen molar-refractivity contribution in [3.8, 4) is 17.1 Å². The van der Waals surface area contributed by atoms with E-state index >= 15 is 0 Å². The monoisotopic (exact) mass is 817 g/mol. The summed E-state index contributed by atoms with van der Waals surface area (Å²) in [6.45, 7) is 0. The van der Waals surface area contributed by atoms with Crippen molar-refractivity contribution in [2.45, 2.75) is 0 Å². The molecule has 0 fully saturated rings. The van der Waals surface area contributed by atoms with Crippen LogP contribution in [-0.2, 0) is 0 Å². The van der Waals surface area contributed by atoms with E-state index in [2.05, 4.69) is 208 Å². The maximum absolute atomic E-state index is 5.70. The highest BCUT2D eigenvalue weighted by Gasteiger charge is 2.25. The summed E-state index contributed by atoms with van der Waals surface area (Å²) in [6, 6.07) is 71.1. The topological polar surface area (TPSA) is 22.3 Å². The zero-order valence-corrected chi connectivity index (χ0v) is 34.7. The number of nitrogens with zero attached hydrogens (tertiary/aromatic N) is 3. The second kappa shape index (κ2) is 13.3. The number of ether oxygens (including phenoxy) is 1. The van der Waals surface area contributed by atoms with Gasteiger partial charge in [-0.25, -0.2) is 0 Å². The van der Waals surface area contributed by atoms with Crippen LogP contribution in [0.2, 0.25) is 0 Å². The molecule has 0 aliphatic rings. The third kappa shape index (κ3) is 5.10. The Morgan fingerprint density at radius 3 is 1.30 bits per heavy atom. The van der Waals surface area contributed by atoms with Crippen LogP contribution in [0.3, 0.4) is 0 Å². The summed E-state index contributed by atoms with van der Waals surface area (Å²) in [6.07, 6.45) is 0. The molecule has 0 N–H and O–H groups in total. The standard InChI is InChI=1S/C55H35N3OS2/c1-59-37-28-24-34(25-29-37)56(46-18-10-20-48-54(46)40-14-2-6-16-44(40)57(48)35-26-30-52-42(32-35)38-12-4-8-22-50(38)60-52)47-19-11-21-49-55(47)41-15-3-7-17-45(41)58(49)36-27-31-53-43(33-36)39-13-5-9-23-51(39)61-53/h2-33H,1H3. The number of hydrogen-bond acceptors (Lipinski definition) is 4. The van der Waals surface area contributed by atoms with Gasteiger partial charge in [-0.3, -0.25) is 0 Å². The van der Waals surface area contributed by atoms with Crippen LogP contribution in [0, 0.1) is 0 Å². The van der Waals surface area contributed by atoms with E-state index in [0.717, 1.165) is 45.2 Å². The number of thiophene rings is 2. The Kier molecular flexibility index (Phi) is 7.53. The number of benzene rings is 9. The normalized spacial score (nSPS) is 12.0. The minimum atomic E-state index is 0.820. The van der Waals surface area contributed by atoms with Crippen molar-refractivity contribution in [1.82, 2.24) is 9.13 Å². The molecule has 6 heteroatoms. The van der Waals surface area contributed by atoms with E-state index in [1.54, 1.807) is 7.11 Å². The van der Waals surface area contributed by atoms with Crippen LogP contribution in [0.15, 0.2) is 194 Å². The van der Waals surface area contributed by atoms with E-state index in [9.17, 15) is 0 Å². The van der Waals surface area contributed by atoms with Crippen LogP contribution in [0.25, 0.3) is 95.3 Å². The van der Waals surface area contributed by atoms with Gasteiger partial charge in [-0.05, 0) is 109 Å². The number of fused-ring (bicyclic) bond motifs is 12. The maximum atomic E-state index is 5.70. The van der Waals surface area contributed by atoms with E-state index < -0.39 is 0 Å². The first-order valence-electron chi connectivity index (χ1n) is 20.5. The van der Waals surface area contributed by atoms with Crippen molar-refractivity contribution < 1.29 is 4.74 Å². The molecular weight excluding hydrogens is 783 g/mol. The zero-order valence-electron chi connectivity index (χ0n) is 33.0. The second-order valence-corrected chi connectivity index (χ2v) is 17.8. The quantitative estimate of drug-likeness (QED) is 0.167. The first-order valence-corrected chi connectivity index (χ1v) is 22.2. The molecule has 0 aliphatic heterocycles. The largest absolute Gasteiger partial charge is 0.497 e. The third-order valence-corrected chi connectivity index (χ3v) is 14.7. The predicted octanol–water partition coefficient (Wildman–Crippen LogP) is 16.1. The SMILES string of the molecule is COc1ccc(N(c2cccc3c2c2ccccc2n3-c2ccc3sc4ccccc4c3c2)c2cccc3c2c2ccccc2n3-c2ccc3sc4ccccc4c3c2)cc1. The van der Waals surface area contributed by atoms with Gasteiger partial charge >= 0.3 is 0 Å². The Labute approximate surface area is 358 Å². The number of hydrogen-bond donors (Lipinski definition) is 0. The van der Waals surface area contributed by atoms with Gasteiger partial charge in [0, 0.05) is 79.0 Å². The lowest BCUT2D eigenvalue weighted by molar-refractivity contribution is 0.415. The van der Waals surface area contributed by atoms with E-state index in [0.29, 0.717) is 0 Å². The Morgan fingerprint density at radius 2 is 0.803 bits per heavy atom. The first-order chi connectivity index (χ1) is 30.2. The van der Waals surface area contributed by atoms with Crippen molar-refractivity contribution in [3.05, 3.63) is 194 Å². The highest BCUT2D eigenvalue weighted by atomic mass is 32.1. The molecule has 0 saturated heterocycles. The molecule has 0 atom stereocenters. The summed E-state index contributed by atoms with van der Waals surface area (Å²) in [5.41, 5.74) is 10.2. The predicted molar refractivity (Wildman–Crippen MR) is 262 cm³/mol. The fourth-order valence-electron chi connectivity index (χ4n) is 9.78. The van der Waals surface area contributed by atoms with Gasteiger partial charge in [0.2, 0.25) is 0 Å². The minimum Gasteiger partial charge on any atom is -0.497 e. The molecule has 13 aromatic rings. The summed E-state index contributed by atoms with van der Waals surface area (Å²) in [4.78, 5) is 2.46. The van der Waals surface area contributed by atoms with Crippen LogP contribution < -0.4 is 9.64 Å².